The van der Waals surface area contributed by atoms with Crippen molar-refractivity contribution in [3.05, 3.63) is 218 Å². The van der Waals surface area contributed by atoms with Crippen LogP contribution in [0.15, 0.2) is 218 Å². The second-order valence-electron chi connectivity index (χ2n) is 14.0. The molecule has 262 valence electrons. The zero-order chi connectivity index (χ0) is 43.1. The average Bonchev–Trinajstić information content (AvgIpc) is 3.87. The van der Waals surface area contributed by atoms with E-state index in [4.69, 9.17) is 2.74 Å². The van der Waals surface area contributed by atoms with Crippen LogP contribution in [0, 0.1) is 0 Å². The van der Waals surface area contributed by atoms with Crippen LogP contribution in [0.5, 0.6) is 0 Å². The minimum Gasteiger partial charge on any atom is -0.309 e. The minimum absolute atomic E-state index is 0.0793. The quantitative estimate of drug-likeness (QED) is 0.162. The van der Waals surface area contributed by atoms with Crippen LogP contribution in [0.4, 0.5) is 0 Å². The van der Waals surface area contributed by atoms with Gasteiger partial charge >= 0.3 is 0 Å². The lowest BCUT2D eigenvalue weighted by molar-refractivity contribution is 1.18. The Balaban J connectivity index is 1.14. The molecule has 0 aliphatic rings. The maximum absolute atomic E-state index is 9.90. The van der Waals surface area contributed by atoms with Crippen LogP contribution in [0.25, 0.3) is 99.5 Å². The molecule has 11 rings (SSSR count). The Bertz CT molecular complexity index is 3600. The number of hydrogen-bond donors (Lipinski definition) is 0. The van der Waals surface area contributed by atoms with E-state index in [1.165, 1.54) is 0 Å². The molecule has 0 aliphatic heterocycles. The highest BCUT2D eigenvalue weighted by Gasteiger charge is 2.18. The topological polar surface area (TPSA) is 9.86 Å². The van der Waals surface area contributed by atoms with Gasteiger partial charge in [0, 0.05) is 32.9 Å². The minimum atomic E-state index is -0.424. The maximum atomic E-state index is 9.90. The molecule has 2 heterocycles. The molecule has 9 aromatic carbocycles. The Labute approximate surface area is 335 Å². The average molecular weight is 720 g/mol. The summed E-state index contributed by atoms with van der Waals surface area (Å²) in [5, 5.41) is 2.26. The van der Waals surface area contributed by atoms with Crippen molar-refractivity contribution in [2.45, 2.75) is 0 Å². The van der Waals surface area contributed by atoms with Crippen molar-refractivity contribution in [2.75, 3.05) is 0 Å². The molecule has 0 saturated heterocycles. The SMILES string of the molecule is [2H]c1c([2H])c([2H])c2c(c1[2H])c1c([2H])c(-c3ccc4c(c3)c3c(-c5ccccc5)cccc3n4-c3ccccc3)c([2H])c([2H])c1n2-c1ccc(-c2ccc(-c3ccccc3)cc2)cc1. The van der Waals surface area contributed by atoms with Crippen molar-refractivity contribution in [1.29, 1.82) is 0 Å². The number of para-hydroxylation sites is 2. The van der Waals surface area contributed by atoms with Crippen LogP contribution in [0.1, 0.15) is 9.60 Å². The van der Waals surface area contributed by atoms with E-state index >= 15 is 0 Å². The molecule has 0 radical (unpaired) electrons. The number of fused-ring (bicyclic) bond motifs is 6. The first-order valence-corrected chi connectivity index (χ1v) is 18.7. The second kappa shape index (κ2) is 13.2. The van der Waals surface area contributed by atoms with E-state index in [2.05, 4.69) is 83.4 Å². The first-order valence-electron chi connectivity index (χ1n) is 22.2. The molecule has 0 unspecified atom stereocenters. The van der Waals surface area contributed by atoms with E-state index < -0.39 is 12.1 Å². The van der Waals surface area contributed by atoms with Gasteiger partial charge in [-0.05, 0) is 105 Å². The van der Waals surface area contributed by atoms with Crippen molar-refractivity contribution < 1.29 is 9.60 Å². The molecule has 0 spiro atoms. The van der Waals surface area contributed by atoms with Gasteiger partial charge in [-0.1, -0.05) is 158 Å². The van der Waals surface area contributed by atoms with Gasteiger partial charge in [-0.2, -0.15) is 0 Å². The Morgan fingerprint density at radius 2 is 0.875 bits per heavy atom. The van der Waals surface area contributed by atoms with Gasteiger partial charge in [-0.3, -0.25) is 0 Å². The predicted octanol–water partition coefficient (Wildman–Crippen LogP) is 14.5. The lowest BCUT2D eigenvalue weighted by Gasteiger charge is -2.11. The Morgan fingerprint density at radius 3 is 1.59 bits per heavy atom. The van der Waals surface area contributed by atoms with Crippen LogP contribution >= 0.6 is 0 Å². The van der Waals surface area contributed by atoms with Gasteiger partial charge in [-0.25, -0.2) is 0 Å². The summed E-state index contributed by atoms with van der Waals surface area (Å²) in [6.07, 6.45) is 0. The summed E-state index contributed by atoms with van der Waals surface area (Å²) < 4.78 is 68.8. The first kappa shape index (κ1) is 25.6. The van der Waals surface area contributed by atoms with E-state index in [1.54, 1.807) is 4.57 Å². The van der Waals surface area contributed by atoms with Gasteiger partial charge in [0.25, 0.3) is 0 Å². The van der Waals surface area contributed by atoms with E-state index in [0.717, 1.165) is 60.9 Å². The van der Waals surface area contributed by atoms with Gasteiger partial charge < -0.3 is 9.13 Å². The first-order chi connectivity index (χ1) is 30.7. The summed E-state index contributed by atoms with van der Waals surface area (Å²) in [5.74, 6) is 0. The van der Waals surface area contributed by atoms with Crippen molar-refractivity contribution in [1.82, 2.24) is 9.13 Å². The van der Waals surface area contributed by atoms with Crippen LogP contribution < -0.4 is 0 Å². The predicted molar refractivity (Wildman–Crippen MR) is 237 cm³/mol. The summed E-state index contributed by atoms with van der Waals surface area (Å²) in [7, 11) is 0. The molecule has 0 saturated carbocycles. The number of hydrogen-bond acceptors (Lipinski definition) is 0. The third-order valence-corrected chi connectivity index (χ3v) is 10.8. The maximum Gasteiger partial charge on any atom is 0.0645 e. The van der Waals surface area contributed by atoms with Crippen LogP contribution in [0.3, 0.4) is 0 Å². The standard InChI is InChI=1S/C54H36N2/c1-4-13-37(14-5-1)38-23-25-39(26-24-38)40-27-31-45(32-28-40)55-50-21-11-10-19-47(50)48-35-42(29-33-51(48)55)43-30-34-52-49(36-43)54-46(41-15-6-2-7-16-41)20-12-22-53(54)56(52)44-17-8-3-9-18-44/h1-36H/i10D,11D,19D,21D,29D,33D,35D. The molecule has 11 aromatic rings. The molecule has 56 heavy (non-hydrogen) atoms. The number of rotatable bonds is 6. The van der Waals surface area contributed by atoms with Crippen molar-refractivity contribution in [3.8, 4) is 55.9 Å². The van der Waals surface area contributed by atoms with E-state index in [-0.39, 0.29) is 57.6 Å². The highest BCUT2D eigenvalue weighted by atomic mass is 15.0. The van der Waals surface area contributed by atoms with Gasteiger partial charge in [-0.15, -0.1) is 0 Å². The van der Waals surface area contributed by atoms with Crippen molar-refractivity contribution >= 4 is 43.6 Å². The summed E-state index contributed by atoms with van der Waals surface area (Å²) >= 11 is 0. The Morgan fingerprint density at radius 1 is 0.321 bits per heavy atom. The summed E-state index contributed by atoms with van der Waals surface area (Å²) in [4.78, 5) is 0. The largest absolute Gasteiger partial charge is 0.309 e. The fourth-order valence-electron chi connectivity index (χ4n) is 8.15. The monoisotopic (exact) mass is 719 g/mol. The molecule has 0 fully saturated rings. The molecule has 0 N–H and O–H groups in total. The summed E-state index contributed by atoms with van der Waals surface area (Å²) in [6, 6.07) is 56.8. The Hall–Kier alpha value is -7.42. The summed E-state index contributed by atoms with van der Waals surface area (Å²) in [5.41, 5.74) is 10.8. The highest BCUT2D eigenvalue weighted by Crippen LogP contribution is 2.41. The fourth-order valence-corrected chi connectivity index (χ4v) is 8.15. The van der Waals surface area contributed by atoms with Gasteiger partial charge in [0.1, 0.15) is 0 Å². The third kappa shape index (κ3) is 5.26. The van der Waals surface area contributed by atoms with Gasteiger partial charge in [0.2, 0.25) is 0 Å². The van der Waals surface area contributed by atoms with Crippen LogP contribution in [0.2, 0.25) is 0 Å². The number of aromatic nitrogens is 2. The fraction of sp³-hybridized carbons (Fsp3) is 0. The number of nitrogens with zero attached hydrogens (tertiary/aromatic N) is 2. The molecule has 0 atom stereocenters. The molecule has 0 aliphatic carbocycles. The molecule has 2 aromatic heterocycles. The normalized spacial score (nSPS) is 13.3. The summed E-state index contributed by atoms with van der Waals surface area (Å²) in [6.45, 7) is 0. The Kier molecular flexibility index (Phi) is 6.01. The molecular formula is C54H36N2. The van der Waals surface area contributed by atoms with Crippen molar-refractivity contribution in [3.63, 3.8) is 0 Å². The smallest absolute Gasteiger partial charge is 0.0645 e. The molecule has 0 amide bonds. The van der Waals surface area contributed by atoms with Crippen LogP contribution in [-0.2, 0) is 0 Å². The van der Waals surface area contributed by atoms with Gasteiger partial charge in [0.05, 0.1) is 31.7 Å². The zero-order valence-electron chi connectivity index (χ0n) is 37.1. The van der Waals surface area contributed by atoms with E-state index in [1.807, 2.05) is 97.1 Å². The van der Waals surface area contributed by atoms with E-state index in [9.17, 15) is 6.85 Å². The molecular weight excluding hydrogens is 677 g/mol. The zero-order valence-corrected chi connectivity index (χ0v) is 30.1. The highest BCUT2D eigenvalue weighted by molar-refractivity contribution is 6.17. The molecule has 2 heteroatoms. The lowest BCUT2D eigenvalue weighted by atomic mass is 9.97. The molecule has 0 bridgehead atoms. The second-order valence-corrected chi connectivity index (χ2v) is 14.0. The van der Waals surface area contributed by atoms with Crippen LogP contribution in [-0.4, -0.2) is 9.13 Å². The lowest BCUT2D eigenvalue weighted by Crippen LogP contribution is -1.94. The van der Waals surface area contributed by atoms with E-state index in [0.29, 0.717) is 11.3 Å². The van der Waals surface area contributed by atoms with Gasteiger partial charge in [0.15, 0.2) is 0 Å². The molecule has 2 nitrogen and oxygen atoms in total. The third-order valence-electron chi connectivity index (χ3n) is 10.8. The van der Waals surface area contributed by atoms with Crippen molar-refractivity contribution in [2.24, 2.45) is 0 Å². The number of benzene rings is 9.